The van der Waals surface area contributed by atoms with Gasteiger partial charge in [0.25, 0.3) is 0 Å². The first-order valence-electron chi connectivity index (χ1n) is 16.8. The van der Waals surface area contributed by atoms with Gasteiger partial charge in [0.15, 0.2) is 0 Å². The van der Waals surface area contributed by atoms with Crippen molar-refractivity contribution in [1.82, 2.24) is 9.80 Å². The maximum Gasteiger partial charge on any atom is 0.313 e. The number of fused-ring (bicyclic) bond motifs is 1. The van der Waals surface area contributed by atoms with Crippen LogP contribution in [0.5, 0.6) is 0 Å². The zero-order valence-corrected chi connectivity index (χ0v) is 28.0. The molecular weight excluding hydrogens is 576 g/mol. The molecule has 2 amide bonds. The van der Waals surface area contributed by atoms with Gasteiger partial charge >= 0.3 is 5.97 Å². The summed E-state index contributed by atoms with van der Waals surface area (Å²) in [6.07, 6.45) is 8.95. The Balaban J connectivity index is 1.09. The van der Waals surface area contributed by atoms with Gasteiger partial charge in [0.2, 0.25) is 11.8 Å². The van der Waals surface area contributed by atoms with Crippen molar-refractivity contribution in [3.63, 3.8) is 0 Å². The normalized spacial score (nSPS) is 22.4. The minimum atomic E-state index is -0.580. The Morgan fingerprint density at radius 1 is 0.935 bits per heavy atom. The Kier molecular flexibility index (Phi) is 8.61. The second kappa shape index (κ2) is 12.4. The molecule has 1 atom stereocenters. The highest BCUT2D eigenvalue weighted by Gasteiger charge is 2.53. The maximum atomic E-state index is 14.3. The fraction of sp³-hybridized carbons (Fsp3) is 0.500. The average Bonchev–Trinajstić information content (AvgIpc) is 3.40. The summed E-state index contributed by atoms with van der Waals surface area (Å²) in [4.78, 5) is 48.8. The van der Waals surface area contributed by atoms with Crippen molar-refractivity contribution < 1.29 is 19.1 Å². The van der Waals surface area contributed by atoms with Crippen LogP contribution in [0.25, 0.3) is 0 Å². The summed E-state index contributed by atoms with van der Waals surface area (Å²) in [5.41, 5.74) is 2.67. The Morgan fingerprint density at radius 2 is 1.63 bits per heavy atom. The quantitative estimate of drug-likeness (QED) is 0.352. The number of rotatable bonds is 8. The van der Waals surface area contributed by atoms with E-state index in [1.165, 1.54) is 0 Å². The van der Waals surface area contributed by atoms with E-state index in [0.29, 0.717) is 26.2 Å². The number of esters is 1. The van der Waals surface area contributed by atoms with E-state index >= 15 is 0 Å². The zero-order chi connectivity index (χ0) is 32.7. The minimum absolute atomic E-state index is 0.171. The molecule has 0 saturated carbocycles. The van der Waals surface area contributed by atoms with E-state index in [1.54, 1.807) is 0 Å². The number of hydrogen-bond donors (Lipinski definition) is 0. The fourth-order valence-electron chi connectivity index (χ4n) is 7.50. The molecule has 2 aromatic rings. The largest absolute Gasteiger partial charge is 0.460 e. The van der Waals surface area contributed by atoms with Crippen molar-refractivity contribution in [3.05, 3.63) is 84.0 Å². The standard InChI is InChI=1S/C38H48N4O4/c1-36(2,3)46-33(43)29-18-16-28(17-19-29)26-40-27-42(30-12-7-6-8-13-30)38(35(40)45)20-24-39(25-21-38)22-11-23-41-32-15-10-9-14-31(32)37(4,5)34(41)44/h6-10,12-18,29H,11,19-27H2,1-5H3. The molecule has 1 aliphatic carbocycles. The molecule has 0 N–H and O–H groups in total. The Morgan fingerprint density at radius 3 is 2.30 bits per heavy atom. The molecule has 2 fully saturated rings. The molecule has 2 saturated heterocycles. The van der Waals surface area contributed by atoms with E-state index in [1.807, 2.05) is 86.9 Å². The summed E-state index contributed by atoms with van der Waals surface area (Å²) >= 11 is 0. The second-order valence-corrected chi connectivity index (χ2v) is 14.7. The first-order chi connectivity index (χ1) is 21.9. The molecule has 3 heterocycles. The number of carbonyl (C=O) groups excluding carboxylic acids is 3. The smallest absolute Gasteiger partial charge is 0.313 e. The highest BCUT2D eigenvalue weighted by molar-refractivity contribution is 6.07. The zero-order valence-electron chi connectivity index (χ0n) is 28.0. The Hall–Kier alpha value is -3.91. The molecule has 1 spiro atoms. The van der Waals surface area contributed by atoms with Crippen LogP contribution in [0.1, 0.15) is 65.9 Å². The molecule has 0 radical (unpaired) electrons. The van der Waals surface area contributed by atoms with Crippen LogP contribution in [0.3, 0.4) is 0 Å². The lowest BCUT2D eigenvalue weighted by Crippen LogP contribution is -2.56. The van der Waals surface area contributed by atoms with Crippen LogP contribution >= 0.6 is 0 Å². The summed E-state index contributed by atoms with van der Waals surface area (Å²) in [7, 11) is 0. The van der Waals surface area contributed by atoms with Gasteiger partial charge in [-0.15, -0.1) is 0 Å². The number of likely N-dealkylation sites (tertiary alicyclic amines) is 1. The van der Waals surface area contributed by atoms with Gasteiger partial charge in [-0.2, -0.15) is 0 Å². The monoisotopic (exact) mass is 624 g/mol. The number of piperidine rings is 1. The number of hydrogen-bond acceptors (Lipinski definition) is 6. The summed E-state index contributed by atoms with van der Waals surface area (Å²) in [6, 6.07) is 18.4. The van der Waals surface area contributed by atoms with Gasteiger partial charge < -0.3 is 24.3 Å². The third-order valence-corrected chi connectivity index (χ3v) is 10.0. The lowest BCUT2D eigenvalue weighted by atomic mass is 9.85. The number of anilines is 2. The van der Waals surface area contributed by atoms with Crippen LogP contribution in [-0.2, 0) is 24.5 Å². The van der Waals surface area contributed by atoms with Gasteiger partial charge in [-0.25, -0.2) is 0 Å². The first kappa shape index (κ1) is 32.0. The van der Waals surface area contributed by atoms with Crippen LogP contribution in [0, 0.1) is 5.92 Å². The predicted molar refractivity (Wildman–Crippen MR) is 182 cm³/mol. The van der Waals surface area contributed by atoms with Crippen molar-refractivity contribution in [2.45, 2.75) is 76.9 Å². The third kappa shape index (κ3) is 6.11. The highest BCUT2D eigenvalue weighted by atomic mass is 16.6. The van der Waals surface area contributed by atoms with E-state index in [9.17, 15) is 14.4 Å². The lowest BCUT2D eigenvalue weighted by Gasteiger charge is -2.43. The summed E-state index contributed by atoms with van der Waals surface area (Å²) < 4.78 is 5.58. The van der Waals surface area contributed by atoms with Crippen LogP contribution in [-0.4, -0.2) is 78.1 Å². The molecule has 8 nitrogen and oxygen atoms in total. The molecule has 3 aliphatic heterocycles. The van der Waals surface area contributed by atoms with Crippen molar-refractivity contribution in [1.29, 1.82) is 0 Å². The van der Waals surface area contributed by atoms with Gasteiger partial charge in [-0.05, 0) is 96.2 Å². The summed E-state index contributed by atoms with van der Waals surface area (Å²) in [5.74, 6) is -0.151. The fourth-order valence-corrected chi connectivity index (χ4v) is 7.50. The Labute approximate surface area is 273 Å². The van der Waals surface area contributed by atoms with Gasteiger partial charge in [0, 0.05) is 37.6 Å². The van der Waals surface area contributed by atoms with Crippen molar-refractivity contribution in [3.8, 4) is 0 Å². The van der Waals surface area contributed by atoms with E-state index < -0.39 is 16.6 Å². The average molecular weight is 625 g/mol. The summed E-state index contributed by atoms with van der Waals surface area (Å²) in [6.45, 7) is 14.0. The van der Waals surface area contributed by atoms with Gasteiger partial charge in [-0.1, -0.05) is 54.6 Å². The van der Waals surface area contributed by atoms with Crippen LogP contribution < -0.4 is 9.80 Å². The number of carbonyl (C=O) groups is 3. The minimum Gasteiger partial charge on any atom is -0.460 e. The number of benzene rings is 2. The number of ether oxygens (including phenoxy) is 1. The van der Waals surface area contributed by atoms with Crippen LogP contribution in [0.15, 0.2) is 78.4 Å². The van der Waals surface area contributed by atoms with Crippen molar-refractivity contribution in [2.24, 2.45) is 5.92 Å². The number of nitrogens with zero attached hydrogens (tertiary/aromatic N) is 4. The molecule has 0 bridgehead atoms. The molecular formula is C38H48N4O4. The third-order valence-electron chi connectivity index (χ3n) is 10.0. The molecule has 0 aromatic heterocycles. The van der Waals surface area contributed by atoms with E-state index in [0.717, 1.165) is 61.4 Å². The van der Waals surface area contributed by atoms with E-state index in [2.05, 4.69) is 40.1 Å². The van der Waals surface area contributed by atoms with Gasteiger partial charge in [0.1, 0.15) is 11.1 Å². The molecule has 6 rings (SSSR count). The number of amides is 2. The number of para-hydroxylation sites is 2. The van der Waals surface area contributed by atoms with Crippen molar-refractivity contribution in [2.75, 3.05) is 49.2 Å². The number of allylic oxidation sites excluding steroid dienone is 1. The molecule has 1 unspecified atom stereocenters. The summed E-state index contributed by atoms with van der Waals surface area (Å²) in [5, 5.41) is 0. The maximum absolute atomic E-state index is 14.3. The highest BCUT2D eigenvalue weighted by Crippen LogP contribution is 2.42. The van der Waals surface area contributed by atoms with Gasteiger partial charge in [-0.3, -0.25) is 14.4 Å². The first-order valence-corrected chi connectivity index (χ1v) is 16.8. The van der Waals surface area contributed by atoms with Gasteiger partial charge in [0.05, 0.1) is 18.0 Å². The van der Waals surface area contributed by atoms with Crippen LogP contribution in [0.4, 0.5) is 11.4 Å². The predicted octanol–water partition coefficient (Wildman–Crippen LogP) is 5.69. The molecule has 46 heavy (non-hydrogen) atoms. The Bertz CT molecular complexity index is 1530. The van der Waals surface area contributed by atoms with Crippen LogP contribution in [0.2, 0.25) is 0 Å². The lowest BCUT2D eigenvalue weighted by molar-refractivity contribution is -0.158. The molecule has 8 heteroatoms. The molecule has 4 aliphatic rings. The molecule has 244 valence electrons. The second-order valence-electron chi connectivity index (χ2n) is 14.7. The van der Waals surface area contributed by atoms with E-state index in [-0.39, 0.29) is 23.7 Å². The SMILES string of the molecule is CC(C)(C)OC(=O)C1C=CC(CN2CN(c3ccccc3)C3(CCN(CCCN4C(=O)C(C)(C)c5ccccc54)CC3)C2=O)=CC1. The van der Waals surface area contributed by atoms with E-state index in [4.69, 9.17) is 4.74 Å². The molecule has 2 aromatic carbocycles. The van der Waals surface area contributed by atoms with Crippen molar-refractivity contribution >= 4 is 29.2 Å². The topological polar surface area (TPSA) is 73.4 Å².